The predicted molar refractivity (Wildman–Crippen MR) is 93.8 cm³/mol. The molecule has 0 atom stereocenters. The van der Waals surface area contributed by atoms with Gasteiger partial charge in [0.2, 0.25) is 0 Å². The Kier molecular flexibility index (Phi) is 6.38. The molecule has 3 nitrogen and oxygen atoms in total. The summed E-state index contributed by atoms with van der Waals surface area (Å²) in [4.78, 5) is 1.16. The summed E-state index contributed by atoms with van der Waals surface area (Å²) >= 11 is 8.02. The third kappa shape index (κ3) is 4.53. The van der Waals surface area contributed by atoms with Crippen molar-refractivity contribution in [2.75, 3.05) is 7.11 Å². The van der Waals surface area contributed by atoms with Crippen LogP contribution in [0.15, 0.2) is 29.6 Å². The van der Waals surface area contributed by atoms with Crippen molar-refractivity contribution in [3.05, 3.63) is 45.1 Å². The second kappa shape index (κ2) is 8.06. The highest BCUT2D eigenvalue weighted by atomic mass is 35.5. The molecule has 0 spiro atoms. The van der Waals surface area contributed by atoms with Crippen molar-refractivity contribution < 1.29 is 9.47 Å². The summed E-state index contributed by atoms with van der Waals surface area (Å²) in [6, 6.07) is 8.66. The van der Waals surface area contributed by atoms with Gasteiger partial charge in [-0.05, 0) is 42.0 Å². The topological polar surface area (TPSA) is 30.5 Å². The minimum atomic E-state index is 0. The highest BCUT2D eigenvalue weighted by Gasteiger charge is 2.20. The van der Waals surface area contributed by atoms with E-state index < -0.39 is 0 Å². The number of nitrogens with one attached hydrogen (secondary N) is 1. The quantitative estimate of drug-likeness (QED) is 0.779. The summed E-state index contributed by atoms with van der Waals surface area (Å²) in [6.07, 6.45) is 2.54. The molecule has 1 aliphatic rings. The summed E-state index contributed by atoms with van der Waals surface area (Å²) in [7, 11) is 1.64. The van der Waals surface area contributed by atoms with Gasteiger partial charge >= 0.3 is 0 Å². The van der Waals surface area contributed by atoms with Gasteiger partial charge in [0.25, 0.3) is 0 Å². The summed E-state index contributed by atoms with van der Waals surface area (Å²) in [5.74, 6) is 1.30. The van der Waals surface area contributed by atoms with E-state index in [0.29, 0.717) is 29.2 Å². The number of halogens is 2. The van der Waals surface area contributed by atoms with Crippen molar-refractivity contribution >= 4 is 35.3 Å². The zero-order valence-electron chi connectivity index (χ0n) is 12.3. The van der Waals surface area contributed by atoms with Crippen molar-refractivity contribution in [2.24, 2.45) is 0 Å². The van der Waals surface area contributed by atoms with E-state index in [-0.39, 0.29) is 12.4 Å². The fourth-order valence-electron chi connectivity index (χ4n) is 2.10. The standard InChI is InChI=1S/C16H18ClNO2S.ClH/c1-19-15-8-11(9-18-12-4-5-12)7-14(17)16(15)20-10-13-3-2-6-21-13;/h2-3,6-8,12,18H,4-5,9-10H2,1H3;1H. The van der Waals surface area contributed by atoms with Gasteiger partial charge in [0.05, 0.1) is 12.1 Å². The van der Waals surface area contributed by atoms with Crippen LogP contribution in [-0.4, -0.2) is 13.2 Å². The number of hydrogen-bond acceptors (Lipinski definition) is 4. The Morgan fingerprint density at radius 3 is 2.82 bits per heavy atom. The molecule has 1 fully saturated rings. The molecule has 0 bridgehead atoms. The van der Waals surface area contributed by atoms with Crippen LogP contribution in [0.2, 0.25) is 5.02 Å². The molecule has 0 aliphatic heterocycles. The van der Waals surface area contributed by atoms with E-state index in [1.165, 1.54) is 12.8 Å². The van der Waals surface area contributed by atoms with Crippen LogP contribution in [0.25, 0.3) is 0 Å². The van der Waals surface area contributed by atoms with Crippen LogP contribution in [0.3, 0.4) is 0 Å². The van der Waals surface area contributed by atoms with Crippen molar-refractivity contribution in [1.82, 2.24) is 5.32 Å². The molecule has 0 radical (unpaired) electrons. The number of rotatable bonds is 7. The molecule has 6 heteroatoms. The zero-order chi connectivity index (χ0) is 14.7. The van der Waals surface area contributed by atoms with E-state index in [1.807, 2.05) is 29.6 Å². The number of hydrogen-bond donors (Lipinski definition) is 1. The minimum absolute atomic E-state index is 0. The Morgan fingerprint density at radius 1 is 1.36 bits per heavy atom. The first-order valence-corrected chi connectivity index (χ1v) is 8.27. The Balaban J connectivity index is 0.00000176. The second-order valence-corrected chi connectivity index (χ2v) is 6.57. The summed E-state index contributed by atoms with van der Waals surface area (Å²) < 4.78 is 11.3. The second-order valence-electron chi connectivity index (χ2n) is 5.13. The third-order valence-electron chi connectivity index (χ3n) is 3.40. The molecule has 1 saturated carbocycles. The van der Waals surface area contributed by atoms with Gasteiger partial charge in [-0.25, -0.2) is 0 Å². The van der Waals surface area contributed by atoms with Gasteiger partial charge < -0.3 is 14.8 Å². The van der Waals surface area contributed by atoms with Crippen molar-refractivity contribution in [3.63, 3.8) is 0 Å². The van der Waals surface area contributed by atoms with Gasteiger partial charge in [-0.15, -0.1) is 23.7 Å². The van der Waals surface area contributed by atoms with Gasteiger partial charge in [-0.3, -0.25) is 0 Å². The largest absolute Gasteiger partial charge is 0.493 e. The monoisotopic (exact) mass is 359 g/mol. The minimum Gasteiger partial charge on any atom is -0.493 e. The molecule has 3 rings (SSSR count). The molecule has 0 unspecified atom stereocenters. The van der Waals surface area contributed by atoms with Crippen molar-refractivity contribution in [3.8, 4) is 11.5 Å². The SMILES string of the molecule is COc1cc(CNC2CC2)cc(Cl)c1OCc1cccs1.Cl. The number of thiophene rings is 1. The number of methoxy groups -OCH3 is 1. The highest BCUT2D eigenvalue weighted by molar-refractivity contribution is 7.09. The van der Waals surface area contributed by atoms with Crippen LogP contribution < -0.4 is 14.8 Å². The highest BCUT2D eigenvalue weighted by Crippen LogP contribution is 2.37. The average molecular weight is 360 g/mol. The van der Waals surface area contributed by atoms with Gasteiger partial charge in [-0.2, -0.15) is 0 Å². The summed E-state index contributed by atoms with van der Waals surface area (Å²) in [6.45, 7) is 1.32. The van der Waals surface area contributed by atoms with Crippen molar-refractivity contribution in [1.29, 1.82) is 0 Å². The Hall–Kier alpha value is -0.940. The van der Waals surface area contributed by atoms with E-state index in [0.717, 1.165) is 17.0 Å². The van der Waals surface area contributed by atoms with Gasteiger partial charge in [-0.1, -0.05) is 17.7 Å². The maximum absolute atomic E-state index is 6.36. The van der Waals surface area contributed by atoms with E-state index in [1.54, 1.807) is 18.4 Å². The van der Waals surface area contributed by atoms with Gasteiger partial charge in [0, 0.05) is 17.5 Å². The normalized spacial score (nSPS) is 13.5. The fourth-order valence-corrected chi connectivity index (χ4v) is 3.01. The molecule has 1 aromatic heterocycles. The van der Waals surface area contributed by atoms with Crippen LogP contribution in [0.5, 0.6) is 11.5 Å². The molecule has 2 aromatic rings. The van der Waals surface area contributed by atoms with E-state index in [4.69, 9.17) is 21.1 Å². The molecule has 1 heterocycles. The first-order valence-electron chi connectivity index (χ1n) is 7.01. The smallest absolute Gasteiger partial charge is 0.180 e. The van der Waals surface area contributed by atoms with Crippen LogP contribution in [-0.2, 0) is 13.2 Å². The molecule has 22 heavy (non-hydrogen) atoms. The number of benzene rings is 1. The molecular formula is C16H19Cl2NO2S. The Labute approximate surface area is 146 Å². The summed E-state index contributed by atoms with van der Waals surface area (Å²) in [5, 5.41) is 6.10. The maximum atomic E-state index is 6.36. The van der Waals surface area contributed by atoms with Crippen LogP contribution in [0, 0.1) is 0 Å². The zero-order valence-corrected chi connectivity index (χ0v) is 14.7. The lowest BCUT2D eigenvalue weighted by Crippen LogP contribution is -2.15. The molecule has 0 amide bonds. The Morgan fingerprint density at radius 2 is 2.18 bits per heavy atom. The molecule has 1 aliphatic carbocycles. The van der Waals surface area contributed by atoms with E-state index >= 15 is 0 Å². The maximum Gasteiger partial charge on any atom is 0.180 e. The van der Waals surface area contributed by atoms with Gasteiger partial charge in [0.1, 0.15) is 6.61 Å². The lowest BCUT2D eigenvalue weighted by Gasteiger charge is -2.14. The van der Waals surface area contributed by atoms with Gasteiger partial charge in [0.15, 0.2) is 11.5 Å². The molecule has 120 valence electrons. The third-order valence-corrected chi connectivity index (χ3v) is 4.53. The average Bonchev–Trinajstić information content (AvgIpc) is 3.17. The predicted octanol–water partition coefficient (Wildman–Crippen LogP) is 4.66. The lowest BCUT2D eigenvalue weighted by molar-refractivity contribution is 0.287. The summed E-state index contributed by atoms with van der Waals surface area (Å²) in [5.41, 5.74) is 1.12. The molecular weight excluding hydrogens is 341 g/mol. The van der Waals surface area contributed by atoms with E-state index in [2.05, 4.69) is 5.32 Å². The molecule has 1 N–H and O–H groups in total. The van der Waals surface area contributed by atoms with E-state index in [9.17, 15) is 0 Å². The lowest BCUT2D eigenvalue weighted by atomic mass is 10.2. The molecule has 0 saturated heterocycles. The first-order chi connectivity index (χ1) is 10.3. The number of ether oxygens (including phenoxy) is 2. The first kappa shape index (κ1) is 17.4. The Bertz CT molecular complexity index is 600. The van der Waals surface area contributed by atoms with Crippen LogP contribution >= 0.6 is 35.3 Å². The van der Waals surface area contributed by atoms with Crippen molar-refractivity contribution in [2.45, 2.75) is 32.0 Å². The van der Waals surface area contributed by atoms with Crippen LogP contribution in [0.1, 0.15) is 23.3 Å². The fraction of sp³-hybridized carbons (Fsp3) is 0.375. The molecule has 1 aromatic carbocycles. The van der Waals surface area contributed by atoms with Crippen LogP contribution in [0.4, 0.5) is 0 Å².